The second-order valence-electron chi connectivity index (χ2n) is 4.75. The van der Waals surface area contributed by atoms with E-state index < -0.39 is 0 Å². The first-order chi connectivity index (χ1) is 8.92. The van der Waals surface area contributed by atoms with Gasteiger partial charge >= 0.3 is 0 Å². The molecule has 18 heavy (non-hydrogen) atoms. The Bertz CT molecular complexity index is 408. The molecular formula is C16H21NS. The molecule has 0 saturated heterocycles. The van der Waals surface area contributed by atoms with Crippen LogP contribution in [-0.4, -0.2) is 24.6 Å². The number of terminal acetylenes is 1. The molecule has 0 saturated carbocycles. The van der Waals surface area contributed by atoms with Crippen LogP contribution in [0.4, 0.5) is 0 Å². The van der Waals surface area contributed by atoms with Crippen LogP contribution in [0.1, 0.15) is 29.9 Å². The molecule has 2 heteroatoms. The highest BCUT2D eigenvalue weighted by Gasteiger charge is 2.18. The van der Waals surface area contributed by atoms with Gasteiger partial charge in [-0.15, -0.1) is 18.2 Å². The third-order valence-corrected chi connectivity index (χ3v) is 4.36. The number of rotatable bonds is 6. The van der Waals surface area contributed by atoms with Crippen molar-refractivity contribution in [2.75, 3.05) is 24.6 Å². The van der Waals surface area contributed by atoms with Crippen LogP contribution < -0.4 is 5.32 Å². The van der Waals surface area contributed by atoms with Crippen molar-refractivity contribution >= 4 is 11.8 Å². The van der Waals surface area contributed by atoms with E-state index in [-0.39, 0.29) is 0 Å². The summed E-state index contributed by atoms with van der Waals surface area (Å²) < 4.78 is 0. The summed E-state index contributed by atoms with van der Waals surface area (Å²) in [6, 6.07) is 8.91. The minimum Gasteiger partial charge on any atom is -0.315 e. The summed E-state index contributed by atoms with van der Waals surface area (Å²) in [5.41, 5.74) is 3.12. The molecule has 1 aliphatic rings. The topological polar surface area (TPSA) is 12.0 Å². The minimum absolute atomic E-state index is 0.701. The largest absolute Gasteiger partial charge is 0.315 e. The van der Waals surface area contributed by atoms with Crippen LogP contribution in [0, 0.1) is 12.3 Å². The van der Waals surface area contributed by atoms with Crippen LogP contribution in [0.5, 0.6) is 0 Å². The Labute approximate surface area is 115 Å². The molecule has 1 aromatic carbocycles. The van der Waals surface area contributed by atoms with E-state index in [4.69, 9.17) is 6.42 Å². The molecular weight excluding hydrogens is 238 g/mol. The van der Waals surface area contributed by atoms with Crippen LogP contribution in [0.15, 0.2) is 24.3 Å². The number of thioether (sulfide) groups is 1. The van der Waals surface area contributed by atoms with E-state index in [9.17, 15) is 0 Å². The van der Waals surface area contributed by atoms with Gasteiger partial charge in [0, 0.05) is 18.8 Å². The second-order valence-corrected chi connectivity index (χ2v) is 5.85. The van der Waals surface area contributed by atoms with Crippen molar-refractivity contribution in [2.45, 2.75) is 25.2 Å². The summed E-state index contributed by atoms with van der Waals surface area (Å²) >= 11 is 1.83. The molecule has 2 rings (SSSR count). The number of fused-ring (bicyclic) bond motifs is 1. The first kappa shape index (κ1) is 13.5. The summed E-state index contributed by atoms with van der Waals surface area (Å²) in [5, 5.41) is 3.57. The minimum atomic E-state index is 0.701. The van der Waals surface area contributed by atoms with Crippen molar-refractivity contribution in [2.24, 2.45) is 0 Å². The van der Waals surface area contributed by atoms with E-state index in [2.05, 4.69) is 35.5 Å². The molecule has 0 aromatic heterocycles. The van der Waals surface area contributed by atoms with Gasteiger partial charge in [0.25, 0.3) is 0 Å². The molecule has 1 unspecified atom stereocenters. The van der Waals surface area contributed by atoms with E-state index in [1.165, 1.54) is 19.3 Å². The number of aryl methyl sites for hydroxylation is 1. The van der Waals surface area contributed by atoms with Gasteiger partial charge in [0.1, 0.15) is 0 Å². The fraction of sp³-hybridized carbons (Fsp3) is 0.500. The Balaban J connectivity index is 1.76. The first-order valence-electron chi connectivity index (χ1n) is 6.71. The summed E-state index contributed by atoms with van der Waals surface area (Å²) in [6.45, 7) is 2.17. The zero-order valence-corrected chi connectivity index (χ0v) is 11.6. The Kier molecular flexibility index (Phi) is 5.64. The predicted octanol–water partition coefficient (Wildman–Crippen LogP) is 3.06. The van der Waals surface area contributed by atoms with Crippen molar-refractivity contribution in [1.29, 1.82) is 0 Å². The fourth-order valence-corrected chi connectivity index (χ4v) is 3.17. The summed E-state index contributed by atoms with van der Waals surface area (Å²) in [6.07, 6.45) is 9.13. The van der Waals surface area contributed by atoms with Gasteiger partial charge in [-0.2, -0.15) is 0 Å². The number of nitrogens with one attached hydrogen (secondary N) is 1. The van der Waals surface area contributed by atoms with Gasteiger partial charge in [-0.1, -0.05) is 30.2 Å². The van der Waals surface area contributed by atoms with E-state index in [0.29, 0.717) is 5.92 Å². The normalized spacial score (nSPS) is 18.1. The Morgan fingerprint density at radius 1 is 1.39 bits per heavy atom. The SMILES string of the molecule is C#CCSCCNCC1CCCc2ccccc21. The maximum Gasteiger partial charge on any atom is 0.0545 e. The van der Waals surface area contributed by atoms with Crippen LogP contribution >= 0.6 is 11.8 Å². The highest BCUT2D eigenvalue weighted by molar-refractivity contribution is 7.99. The average Bonchev–Trinajstić information content (AvgIpc) is 2.43. The van der Waals surface area contributed by atoms with Crippen LogP contribution in [0.2, 0.25) is 0 Å². The molecule has 0 aliphatic heterocycles. The highest BCUT2D eigenvalue weighted by Crippen LogP contribution is 2.30. The third-order valence-electron chi connectivity index (χ3n) is 3.49. The Morgan fingerprint density at radius 3 is 3.17 bits per heavy atom. The Hall–Kier alpha value is -0.910. The van der Waals surface area contributed by atoms with Crippen molar-refractivity contribution in [1.82, 2.24) is 5.32 Å². The van der Waals surface area contributed by atoms with E-state index in [1.54, 1.807) is 11.1 Å². The lowest BCUT2D eigenvalue weighted by Crippen LogP contribution is -2.26. The number of hydrogen-bond acceptors (Lipinski definition) is 2. The summed E-state index contributed by atoms with van der Waals surface area (Å²) in [7, 11) is 0. The van der Waals surface area contributed by atoms with Crippen LogP contribution in [0.3, 0.4) is 0 Å². The van der Waals surface area contributed by atoms with Gasteiger partial charge < -0.3 is 5.32 Å². The Morgan fingerprint density at radius 2 is 2.28 bits per heavy atom. The molecule has 0 heterocycles. The van der Waals surface area contributed by atoms with Crippen molar-refractivity contribution in [3.8, 4) is 12.3 Å². The van der Waals surface area contributed by atoms with Crippen molar-refractivity contribution in [3.63, 3.8) is 0 Å². The molecule has 0 spiro atoms. The predicted molar refractivity (Wildman–Crippen MR) is 81.1 cm³/mol. The quantitative estimate of drug-likeness (QED) is 0.622. The summed E-state index contributed by atoms with van der Waals surface area (Å²) in [5.74, 6) is 5.29. The smallest absolute Gasteiger partial charge is 0.0545 e. The van der Waals surface area contributed by atoms with Crippen molar-refractivity contribution in [3.05, 3.63) is 35.4 Å². The molecule has 1 aromatic rings. The van der Waals surface area contributed by atoms with E-state index in [0.717, 1.165) is 24.6 Å². The molecule has 0 amide bonds. The van der Waals surface area contributed by atoms with Gasteiger partial charge in [0.2, 0.25) is 0 Å². The summed E-state index contributed by atoms with van der Waals surface area (Å²) in [4.78, 5) is 0. The molecule has 0 radical (unpaired) electrons. The van der Waals surface area contributed by atoms with Crippen LogP contribution in [0.25, 0.3) is 0 Å². The van der Waals surface area contributed by atoms with Crippen LogP contribution in [-0.2, 0) is 6.42 Å². The van der Waals surface area contributed by atoms with Gasteiger partial charge in [-0.3, -0.25) is 0 Å². The second kappa shape index (κ2) is 7.51. The molecule has 1 nitrogen and oxygen atoms in total. The van der Waals surface area contributed by atoms with Crippen molar-refractivity contribution < 1.29 is 0 Å². The van der Waals surface area contributed by atoms with Gasteiger partial charge in [0.15, 0.2) is 0 Å². The van der Waals surface area contributed by atoms with Gasteiger partial charge in [0.05, 0.1) is 5.75 Å². The highest BCUT2D eigenvalue weighted by atomic mass is 32.2. The molecule has 1 atom stereocenters. The number of hydrogen-bond donors (Lipinski definition) is 1. The average molecular weight is 259 g/mol. The lowest BCUT2D eigenvalue weighted by Gasteiger charge is -2.25. The van der Waals surface area contributed by atoms with E-state index >= 15 is 0 Å². The fourth-order valence-electron chi connectivity index (χ4n) is 2.62. The first-order valence-corrected chi connectivity index (χ1v) is 7.87. The monoisotopic (exact) mass is 259 g/mol. The number of benzene rings is 1. The molecule has 0 fully saturated rings. The molecule has 96 valence electrons. The lowest BCUT2D eigenvalue weighted by atomic mass is 9.83. The third kappa shape index (κ3) is 3.80. The van der Waals surface area contributed by atoms with Gasteiger partial charge in [-0.05, 0) is 36.3 Å². The molecule has 1 aliphatic carbocycles. The zero-order chi connectivity index (χ0) is 12.6. The van der Waals surface area contributed by atoms with Gasteiger partial charge in [-0.25, -0.2) is 0 Å². The molecule has 0 bridgehead atoms. The standard InChI is InChI=1S/C16H21NS/c1-2-11-18-12-10-17-13-15-8-5-7-14-6-3-4-9-16(14)15/h1,3-4,6,9,15,17H,5,7-8,10-13H2. The zero-order valence-electron chi connectivity index (χ0n) is 10.8. The lowest BCUT2D eigenvalue weighted by molar-refractivity contribution is 0.516. The maximum atomic E-state index is 5.22. The maximum absolute atomic E-state index is 5.22. The van der Waals surface area contributed by atoms with E-state index in [1.807, 2.05) is 11.8 Å². The molecule has 1 N–H and O–H groups in total.